The van der Waals surface area contributed by atoms with Gasteiger partial charge in [0.15, 0.2) is 5.17 Å². The number of benzene rings is 1. The molecule has 2 aliphatic rings. The van der Waals surface area contributed by atoms with E-state index in [0.717, 1.165) is 29.2 Å². The Kier molecular flexibility index (Phi) is 5.36. The van der Waals surface area contributed by atoms with Crippen molar-refractivity contribution in [3.05, 3.63) is 60.1 Å². The number of hydrogen-bond donors (Lipinski definition) is 1. The maximum atomic E-state index is 14.3. The molecule has 0 aliphatic carbocycles. The van der Waals surface area contributed by atoms with E-state index in [-0.39, 0.29) is 5.92 Å². The van der Waals surface area contributed by atoms with Crippen LogP contribution in [0.3, 0.4) is 0 Å². The van der Waals surface area contributed by atoms with Gasteiger partial charge in [-0.25, -0.2) is 9.98 Å². The Labute approximate surface area is 173 Å². The molecule has 0 saturated carbocycles. The van der Waals surface area contributed by atoms with Gasteiger partial charge in [0.2, 0.25) is 5.97 Å². The number of aliphatic imine (C=N–C) groups is 2. The van der Waals surface area contributed by atoms with Crippen molar-refractivity contribution >= 4 is 34.3 Å². The molecule has 2 atom stereocenters. The van der Waals surface area contributed by atoms with E-state index in [0.29, 0.717) is 17.3 Å². The number of thioether (sulfide) groups is 1. The molecule has 29 heavy (non-hydrogen) atoms. The van der Waals surface area contributed by atoms with Crippen molar-refractivity contribution in [1.29, 1.82) is 0 Å². The van der Waals surface area contributed by atoms with Crippen LogP contribution in [0.2, 0.25) is 0 Å². The van der Waals surface area contributed by atoms with Gasteiger partial charge in [-0.3, -0.25) is 9.98 Å². The van der Waals surface area contributed by atoms with E-state index in [1.54, 1.807) is 36.4 Å². The number of rotatable bonds is 4. The normalized spacial score (nSPS) is 25.0. The molecule has 150 valence electrons. The van der Waals surface area contributed by atoms with E-state index < -0.39 is 11.5 Å². The lowest BCUT2D eigenvalue weighted by Crippen LogP contribution is -2.40. The number of nitrogens with two attached hydrogens (primary N) is 1. The minimum absolute atomic E-state index is 0.260. The molecular weight excluding hydrogens is 387 g/mol. The Bertz CT molecular complexity index is 990. The molecular formula is C21H23FN6S. The summed E-state index contributed by atoms with van der Waals surface area (Å²) in [4.78, 5) is 19.5. The highest BCUT2D eigenvalue weighted by Gasteiger charge is 2.50. The quantitative estimate of drug-likeness (QED) is 0.783. The molecule has 1 aromatic carbocycles. The Morgan fingerprint density at radius 1 is 1.41 bits per heavy atom. The smallest absolute Gasteiger partial charge is 0.215 e. The molecule has 6 nitrogen and oxygen atoms in total. The van der Waals surface area contributed by atoms with Crippen molar-refractivity contribution in [1.82, 2.24) is 9.97 Å². The highest BCUT2D eigenvalue weighted by atomic mass is 32.2. The molecule has 0 spiro atoms. The molecule has 0 unspecified atom stereocenters. The van der Waals surface area contributed by atoms with Crippen molar-refractivity contribution in [3.8, 4) is 0 Å². The van der Waals surface area contributed by atoms with E-state index in [1.807, 2.05) is 25.1 Å². The Balaban J connectivity index is 1.78. The van der Waals surface area contributed by atoms with Gasteiger partial charge in [-0.1, -0.05) is 36.0 Å². The van der Waals surface area contributed by atoms with Crippen LogP contribution >= 0.6 is 11.8 Å². The SMILES string of the molecule is CC=C(C(F)=NC)c1cccc([C@]23CN(c4cnccn4)C[C@H]2CSC(N)=N3)c1. The van der Waals surface area contributed by atoms with Gasteiger partial charge in [0.1, 0.15) is 11.4 Å². The zero-order valence-corrected chi connectivity index (χ0v) is 17.2. The maximum Gasteiger partial charge on any atom is 0.215 e. The molecule has 0 bridgehead atoms. The first-order chi connectivity index (χ1) is 14.1. The van der Waals surface area contributed by atoms with E-state index in [9.17, 15) is 4.39 Å². The van der Waals surface area contributed by atoms with E-state index in [2.05, 4.69) is 25.9 Å². The first-order valence-corrected chi connectivity index (χ1v) is 10.4. The minimum atomic E-state index is -0.498. The summed E-state index contributed by atoms with van der Waals surface area (Å²) in [5, 5.41) is 0.584. The van der Waals surface area contributed by atoms with E-state index >= 15 is 0 Å². The van der Waals surface area contributed by atoms with E-state index in [4.69, 9.17) is 10.7 Å². The first-order valence-electron chi connectivity index (χ1n) is 9.46. The number of fused-ring (bicyclic) bond motifs is 1. The lowest BCUT2D eigenvalue weighted by atomic mass is 9.81. The zero-order valence-electron chi connectivity index (χ0n) is 16.4. The van der Waals surface area contributed by atoms with Crippen molar-refractivity contribution in [2.75, 3.05) is 30.8 Å². The second-order valence-electron chi connectivity index (χ2n) is 7.12. The maximum absolute atomic E-state index is 14.3. The molecule has 4 rings (SSSR count). The number of halogens is 1. The minimum Gasteiger partial charge on any atom is -0.379 e. The molecule has 1 saturated heterocycles. The monoisotopic (exact) mass is 410 g/mol. The summed E-state index contributed by atoms with van der Waals surface area (Å²) in [5.41, 5.74) is 7.96. The number of allylic oxidation sites excluding steroid dienone is 2. The number of hydrogen-bond acceptors (Lipinski definition) is 7. The van der Waals surface area contributed by atoms with Crippen LogP contribution in [0.5, 0.6) is 0 Å². The fourth-order valence-corrected chi connectivity index (χ4v) is 5.12. The molecule has 2 aliphatic heterocycles. The fraction of sp³-hybridized carbons (Fsp3) is 0.333. The Morgan fingerprint density at radius 3 is 3.00 bits per heavy atom. The Morgan fingerprint density at radius 2 is 2.28 bits per heavy atom. The summed E-state index contributed by atoms with van der Waals surface area (Å²) in [6.45, 7) is 3.27. The van der Waals surface area contributed by atoms with Crippen LogP contribution in [0.4, 0.5) is 10.2 Å². The van der Waals surface area contributed by atoms with Crippen molar-refractivity contribution in [2.45, 2.75) is 12.5 Å². The summed E-state index contributed by atoms with van der Waals surface area (Å²) in [6.07, 6.45) is 6.88. The predicted octanol–water partition coefficient (Wildman–Crippen LogP) is 3.27. The lowest BCUT2D eigenvalue weighted by Gasteiger charge is -2.35. The van der Waals surface area contributed by atoms with Crippen molar-refractivity contribution in [3.63, 3.8) is 0 Å². The second kappa shape index (κ2) is 7.94. The van der Waals surface area contributed by atoms with Crippen LogP contribution in [-0.4, -0.2) is 47.0 Å². The first kappa shape index (κ1) is 19.6. The summed E-state index contributed by atoms with van der Waals surface area (Å²) < 4.78 is 14.3. The molecule has 8 heteroatoms. The van der Waals surface area contributed by atoms with Gasteiger partial charge >= 0.3 is 0 Å². The number of anilines is 1. The third kappa shape index (κ3) is 3.53. The van der Waals surface area contributed by atoms with Gasteiger partial charge in [-0.2, -0.15) is 4.39 Å². The summed E-state index contributed by atoms with van der Waals surface area (Å²) in [6, 6.07) is 7.91. The van der Waals surface area contributed by atoms with Crippen molar-refractivity contribution < 1.29 is 4.39 Å². The van der Waals surface area contributed by atoms with Crippen LogP contribution in [0.15, 0.2) is 58.9 Å². The third-order valence-electron chi connectivity index (χ3n) is 5.54. The van der Waals surface area contributed by atoms with Crippen LogP contribution in [0, 0.1) is 5.92 Å². The molecule has 1 fully saturated rings. The molecule has 0 radical (unpaired) electrons. The average Bonchev–Trinajstić information content (AvgIpc) is 3.15. The molecule has 3 heterocycles. The lowest BCUT2D eigenvalue weighted by molar-refractivity contribution is 0.387. The van der Waals surface area contributed by atoms with Crippen molar-refractivity contribution in [2.24, 2.45) is 21.6 Å². The Hall–Kier alpha value is -2.74. The van der Waals surface area contributed by atoms with E-state index in [1.165, 1.54) is 7.05 Å². The number of nitrogens with zero attached hydrogens (tertiary/aromatic N) is 5. The summed E-state index contributed by atoms with van der Waals surface area (Å²) >= 11 is 1.58. The van der Waals surface area contributed by atoms with Gasteiger partial charge in [-0.05, 0) is 24.1 Å². The number of amidine groups is 1. The fourth-order valence-electron chi connectivity index (χ4n) is 4.14. The number of aromatic nitrogens is 2. The molecule has 2 aromatic rings. The van der Waals surface area contributed by atoms with Gasteiger partial charge in [0, 0.05) is 49.8 Å². The van der Waals surface area contributed by atoms with Gasteiger partial charge < -0.3 is 10.6 Å². The van der Waals surface area contributed by atoms with Crippen LogP contribution in [0.25, 0.3) is 5.57 Å². The average molecular weight is 411 g/mol. The highest BCUT2D eigenvalue weighted by Crippen LogP contribution is 2.46. The molecule has 0 amide bonds. The van der Waals surface area contributed by atoms with Crippen LogP contribution in [0.1, 0.15) is 18.1 Å². The van der Waals surface area contributed by atoms with Gasteiger partial charge in [-0.15, -0.1) is 0 Å². The predicted molar refractivity (Wildman–Crippen MR) is 118 cm³/mol. The largest absolute Gasteiger partial charge is 0.379 e. The van der Waals surface area contributed by atoms with Gasteiger partial charge in [0.05, 0.1) is 6.20 Å². The van der Waals surface area contributed by atoms with Crippen LogP contribution in [-0.2, 0) is 5.54 Å². The summed E-state index contributed by atoms with van der Waals surface area (Å²) in [7, 11) is 1.45. The van der Waals surface area contributed by atoms with Gasteiger partial charge in [0.25, 0.3) is 0 Å². The molecule has 1 aromatic heterocycles. The summed E-state index contributed by atoms with van der Waals surface area (Å²) in [5.74, 6) is 1.48. The molecule has 2 N–H and O–H groups in total. The topological polar surface area (TPSA) is 79.8 Å². The second-order valence-corrected chi connectivity index (χ2v) is 8.16. The van der Waals surface area contributed by atoms with Crippen LogP contribution < -0.4 is 10.6 Å². The zero-order chi connectivity index (χ0) is 20.4. The third-order valence-corrected chi connectivity index (χ3v) is 6.50. The highest BCUT2D eigenvalue weighted by molar-refractivity contribution is 8.13. The standard InChI is InChI=1S/C21H23FN6S/c1-3-17(19(22)24-2)14-5-4-6-15(9-14)21-13-28(18-10-25-7-8-26-18)11-16(21)12-29-20(23)27-21/h3-10,16H,11-13H2,1-2H3,(H2,23,27)/t16-,21+/m0/s1.